The summed E-state index contributed by atoms with van der Waals surface area (Å²) < 4.78 is 10.9. The zero-order valence-electron chi connectivity index (χ0n) is 9.62. The number of nitrogens with two attached hydrogens (primary N) is 1. The summed E-state index contributed by atoms with van der Waals surface area (Å²) in [7, 11) is 1.64. The standard InChI is InChI=1S/C12H19NO2/c1-4-9(2)15-12-6-10(8-13)5-11(7-12)14-3/h5-7,9H,4,8,13H2,1-3H3. The second kappa shape index (κ2) is 5.61. The summed E-state index contributed by atoms with van der Waals surface area (Å²) in [6, 6.07) is 5.75. The van der Waals surface area contributed by atoms with Crippen molar-refractivity contribution in [3.63, 3.8) is 0 Å². The average Bonchev–Trinajstić information content (AvgIpc) is 2.28. The summed E-state index contributed by atoms with van der Waals surface area (Å²) in [6.07, 6.45) is 1.19. The molecule has 0 saturated heterocycles. The van der Waals surface area contributed by atoms with Gasteiger partial charge < -0.3 is 15.2 Å². The van der Waals surface area contributed by atoms with E-state index in [4.69, 9.17) is 15.2 Å². The van der Waals surface area contributed by atoms with Crippen LogP contribution in [-0.4, -0.2) is 13.2 Å². The van der Waals surface area contributed by atoms with Crippen LogP contribution in [0.3, 0.4) is 0 Å². The number of hydrogen-bond acceptors (Lipinski definition) is 3. The Hall–Kier alpha value is -1.22. The van der Waals surface area contributed by atoms with Crippen LogP contribution < -0.4 is 15.2 Å². The maximum absolute atomic E-state index is 5.71. The predicted molar refractivity (Wildman–Crippen MR) is 61.3 cm³/mol. The molecule has 15 heavy (non-hydrogen) atoms. The first kappa shape index (κ1) is 11.9. The van der Waals surface area contributed by atoms with Gasteiger partial charge in [-0.05, 0) is 31.0 Å². The molecule has 0 radical (unpaired) electrons. The van der Waals surface area contributed by atoms with Gasteiger partial charge in [0.15, 0.2) is 0 Å². The Morgan fingerprint density at radius 2 is 1.93 bits per heavy atom. The molecule has 0 saturated carbocycles. The molecule has 0 fully saturated rings. The van der Waals surface area contributed by atoms with E-state index in [-0.39, 0.29) is 6.10 Å². The average molecular weight is 209 g/mol. The quantitative estimate of drug-likeness (QED) is 0.809. The second-order valence-electron chi connectivity index (χ2n) is 3.56. The maximum atomic E-state index is 5.71. The van der Waals surface area contributed by atoms with Crippen molar-refractivity contribution in [1.82, 2.24) is 0 Å². The third-order valence-corrected chi connectivity index (χ3v) is 2.32. The molecule has 1 aromatic carbocycles. The van der Waals surface area contributed by atoms with E-state index < -0.39 is 0 Å². The van der Waals surface area contributed by atoms with Gasteiger partial charge in [-0.3, -0.25) is 0 Å². The molecule has 3 heteroatoms. The minimum absolute atomic E-state index is 0.211. The van der Waals surface area contributed by atoms with E-state index in [0.29, 0.717) is 6.54 Å². The molecule has 0 aromatic heterocycles. The molecule has 0 aliphatic rings. The van der Waals surface area contributed by atoms with Crippen LogP contribution in [0.25, 0.3) is 0 Å². The van der Waals surface area contributed by atoms with Gasteiger partial charge in [-0.15, -0.1) is 0 Å². The summed E-state index contributed by atoms with van der Waals surface area (Å²) in [4.78, 5) is 0. The van der Waals surface area contributed by atoms with E-state index in [1.165, 1.54) is 0 Å². The SMILES string of the molecule is CCC(C)Oc1cc(CN)cc(OC)c1. The highest BCUT2D eigenvalue weighted by atomic mass is 16.5. The van der Waals surface area contributed by atoms with E-state index >= 15 is 0 Å². The first-order chi connectivity index (χ1) is 7.19. The van der Waals surface area contributed by atoms with E-state index in [0.717, 1.165) is 23.5 Å². The molecular formula is C12H19NO2. The summed E-state index contributed by atoms with van der Waals surface area (Å²) >= 11 is 0. The molecule has 0 amide bonds. The zero-order valence-corrected chi connectivity index (χ0v) is 9.62. The Bertz CT molecular complexity index is 290. The van der Waals surface area contributed by atoms with Crippen molar-refractivity contribution >= 4 is 0 Å². The summed E-state index contributed by atoms with van der Waals surface area (Å²) in [5.41, 5.74) is 6.62. The smallest absolute Gasteiger partial charge is 0.123 e. The second-order valence-corrected chi connectivity index (χ2v) is 3.56. The lowest BCUT2D eigenvalue weighted by molar-refractivity contribution is 0.216. The van der Waals surface area contributed by atoms with E-state index in [1.807, 2.05) is 25.1 Å². The Balaban J connectivity index is 2.86. The highest BCUT2D eigenvalue weighted by Crippen LogP contribution is 2.23. The lowest BCUT2D eigenvalue weighted by Gasteiger charge is -2.14. The molecule has 3 nitrogen and oxygen atoms in total. The number of methoxy groups -OCH3 is 1. The summed E-state index contributed by atoms with van der Waals surface area (Å²) in [5, 5.41) is 0. The van der Waals surface area contributed by atoms with Crippen LogP contribution in [0.4, 0.5) is 0 Å². The third-order valence-electron chi connectivity index (χ3n) is 2.32. The van der Waals surface area contributed by atoms with Crippen molar-refractivity contribution in [3.05, 3.63) is 23.8 Å². The third kappa shape index (κ3) is 3.44. The van der Waals surface area contributed by atoms with Crippen LogP contribution in [0.15, 0.2) is 18.2 Å². The largest absolute Gasteiger partial charge is 0.497 e. The van der Waals surface area contributed by atoms with Gasteiger partial charge in [0, 0.05) is 12.6 Å². The molecule has 0 spiro atoms. The number of hydrogen-bond donors (Lipinski definition) is 1. The fraction of sp³-hybridized carbons (Fsp3) is 0.500. The van der Waals surface area contributed by atoms with Crippen molar-refractivity contribution in [2.75, 3.05) is 7.11 Å². The Morgan fingerprint density at radius 3 is 2.47 bits per heavy atom. The first-order valence-corrected chi connectivity index (χ1v) is 5.24. The van der Waals surface area contributed by atoms with Crippen LogP contribution in [0.2, 0.25) is 0 Å². The van der Waals surface area contributed by atoms with Gasteiger partial charge in [0.2, 0.25) is 0 Å². The van der Waals surface area contributed by atoms with Gasteiger partial charge in [0.05, 0.1) is 13.2 Å². The summed E-state index contributed by atoms with van der Waals surface area (Å²) in [6.45, 7) is 4.63. The highest BCUT2D eigenvalue weighted by molar-refractivity contribution is 5.38. The first-order valence-electron chi connectivity index (χ1n) is 5.24. The van der Waals surface area contributed by atoms with Gasteiger partial charge in [-0.1, -0.05) is 6.92 Å². The molecule has 0 bridgehead atoms. The lowest BCUT2D eigenvalue weighted by atomic mass is 10.2. The van der Waals surface area contributed by atoms with Crippen LogP contribution in [-0.2, 0) is 6.54 Å². The minimum Gasteiger partial charge on any atom is -0.497 e. The van der Waals surface area contributed by atoms with E-state index in [9.17, 15) is 0 Å². The zero-order chi connectivity index (χ0) is 11.3. The minimum atomic E-state index is 0.211. The molecule has 2 N–H and O–H groups in total. The van der Waals surface area contributed by atoms with E-state index in [1.54, 1.807) is 7.11 Å². The van der Waals surface area contributed by atoms with Crippen molar-refractivity contribution in [2.24, 2.45) is 5.73 Å². The molecule has 84 valence electrons. The van der Waals surface area contributed by atoms with Crippen LogP contribution in [0.1, 0.15) is 25.8 Å². The maximum Gasteiger partial charge on any atom is 0.123 e. The molecule has 0 aliphatic carbocycles. The van der Waals surface area contributed by atoms with Gasteiger partial charge in [0.1, 0.15) is 11.5 Å². The molecule has 1 atom stereocenters. The Labute approximate surface area is 91.2 Å². The van der Waals surface area contributed by atoms with Gasteiger partial charge in [0.25, 0.3) is 0 Å². The molecule has 0 heterocycles. The van der Waals surface area contributed by atoms with Crippen molar-refractivity contribution in [3.8, 4) is 11.5 Å². The number of rotatable bonds is 5. The fourth-order valence-corrected chi connectivity index (χ4v) is 1.25. The van der Waals surface area contributed by atoms with E-state index in [2.05, 4.69) is 6.92 Å². The van der Waals surface area contributed by atoms with Gasteiger partial charge >= 0.3 is 0 Å². The molecule has 1 unspecified atom stereocenters. The topological polar surface area (TPSA) is 44.5 Å². The lowest BCUT2D eigenvalue weighted by Crippen LogP contribution is -2.10. The normalized spacial score (nSPS) is 12.3. The van der Waals surface area contributed by atoms with Crippen LogP contribution in [0, 0.1) is 0 Å². The predicted octanol–water partition coefficient (Wildman–Crippen LogP) is 2.33. The fourth-order valence-electron chi connectivity index (χ4n) is 1.25. The molecular weight excluding hydrogens is 190 g/mol. The van der Waals surface area contributed by atoms with Crippen molar-refractivity contribution in [1.29, 1.82) is 0 Å². The Morgan fingerprint density at radius 1 is 1.27 bits per heavy atom. The van der Waals surface area contributed by atoms with Crippen LogP contribution >= 0.6 is 0 Å². The number of benzene rings is 1. The molecule has 1 rings (SSSR count). The van der Waals surface area contributed by atoms with Gasteiger partial charge in [-0.2, -0.15) is 0 Å². The Kier molecular flexibility index (Phi) is 4.43. The highest BCUT2D eigenvalue weighted by Gasteiger charge is 2.04. The van der Waals surface area contributed by atoms with Crippen molar-refractivity contribution in [2.45, 2.75) is 32.9 Å². The summed E-state index contributed by atoms with van der Waals surface area (Å²) in [5.74, 6) is 1.61. The van der Waals surface area contributed by atoms with Crippen LogP contribution in [0.5, 0.6) is 11.5 Å². The molecule has 1 aromatic rings. The molecule has 0 aliphatic heterocycles. The monoisotopic (exact) mass is 209 g/mol. The van der Waals surface area contributed by atoms with Crippen molar-refractivity contribution < 1.29 is 9.47 Å². The van der Waals surface area contributed by atoms with Gasteiger partial charge in [-0.25, -0.2) is 0 Å². The number of ether oxygens (including phenoxy) is 2.